The van der Waals surface area contributed by atoms with Crippen molar-refractivity contribution in [3.05, 3.63) is 83.5 Å². The Morgan fingerprint density at radius 3 is 2.52 bits per heavy atom. The van der Waals surface area contributed by atoms with Gasteiger partial charge in [0, 0.05) is 17.0 Å². The van der Waals surface area contributed by atoms with Crippen molar-refractivity contribution in [1.82, 2.24) is 9.97 Å². The van der Waals surface area contributed by atoms with Gasteiger partial charge in [0.1, 0.15) is 0 Å². The van der Waals surface area contributed by atoms with Crippen molar-refractivity contribution in [2.24, 2.45) is 0 Å². The maximum Gasteiger partial charge on any atom is 0.265 e. The van der Waals surface area contributed by atoms with Gasteiger partial charge in [0.15, 0.2) is 5.13 Å². The topological polar surface area (TPSA) is 46.1 Å². The van der Waals surface area contributed by atoms with Crippen molar-refractivity contribution in [1.29, 1.82) is 0 Å². The molecule has 2 aromatic carbocycles. The lowest BCUT2D eigenvalue weighted by Gasteiger charge is -2.20. The number of benzene rings is 2. The van der Waals surface area contributed by atoms with E-state index in [0.717, 1.165) is 22.3 Å². The van der Waals surface area contributed by atoms with Gasteiger partial charge in [-0.3, -0.25) is 14.7 Å². The average molecular weight is 345 g/mol. The Labute approximate surface area is 149 Å². The van der Waals surface area contributed by atoms with Gasteiger partial charge in [0.2, 0.25) is 0 Å². The molecule has 4 nitrogen and oxygen atoms in total. The zero-order valence-electron chi connectivity index (χ0n) is 13.6. The molecule has 0 spiro atoms. The second-order valence-corrected chi connectivity index (χ2v) is 6.46. The van der Waals surface area contributed by atoms with Crippen LogP contribution in [0.25, 0.3) is 10.9 Å². The Kier molecular flexibility index (Phi) is 3.99. The molecule has 0 fully saturated rings. The van der Waals surface area contributed by atoms with Crippen LogP contribution in [-0.4, -0.2) is 15.9 Å². The molecule has 0 saturated carbocycles. The van der Waals surface area contributed by atoms with Gasteiger partial charge < -0.3 is 0 Å². The Morgan fingerprint density at radius 2 is 1.76 bits per heavy atom. The average Bonchev–Trinajstić information content (AvgIpc) is 3.08. The van der Waals surface area contributed by atoms with Crippen LogP contribution in [-0.2, 0) is 0 Å². The van der Waals surface area contributed by atoms with Crippen LogP contribution < -0.4 is 4.90 Å². The number of aromatic nitrogens is 2. The monoisotopic (exact) mass is 345 g/mol. The van der Waals surface area contributed by atoms with Crippen molar-refractivity contribution in [2.45, 2.75) is 6.92 Å². The van der Waals surface area contributed by atoms with E-state index >= 15 is 0 Å². The van der Waals surface area contributed by atoms with Crippen LogP contribution in [0.5, 0.6) is 0 Å². The third-order valence-electron chi connectivity index (χ3n) is 3.90. The van der Waals surface area contributed by atoms with E-state index in [4.69, 9.17) is 0 Å². The van der Waals surface area contributed by atoms with E-state index < -0.39 is 0 Å². The summed E-state index contributed by atoms with van der Waals surface area (Å²) in [5.74, 6) is -0.112. The van der Waals surface area contributed by atoms with Crippen LogP contribution in [0.3, 0.4) is 0 Å². The summed E-state index contributed by atoms with van der Waals surface area (Å²) in [5, 5.41) is 3.45. The molecule has 0 radical (unpaired) electrons. The summed E-state index contributed by atoms with van der Waals surface area (Å²) in [6, 6.07) is 19.0. The SMILES string of the molecule is Cc1csc(N(C(=O)c2ccnc3ccccc23)c2ccccc2)n1. The number of nitrogens with zero attached hydrogens (tertiary/aromatic N) is 3. The number of pyridine rings is 1. The molecule has 4 aromatic rings. The lowest BCUT2D eigenvalue weighted by atomic mass is 10.1. The van der Waals surface area contributed by atoms with Crippen LogP contribution in [0, 0.1) is 6.92 Å². The number of thiazole rings is 1. The Balaban J connectivity index is 1.88. The molecule has 0 saturated heterocycles. The van der Waals surface area contributed by atoms with Gasteiger partial charge in [-0.05, 0) is 31.2 Å². The van der Waals surface area contributed by atoms with Crippen molar-refractivity contribution in [2.75, 3.05) is 4.90 Å². The molecular weight excluding hydrogens is 330 g/mol. The van der Waals surface area contributed by atoms with Gasteiger partial charge in [-0.1, -0.05) is 36.4 Å². The van der Waals surface area contributed by atoms with Crippen LogP contribution in [0.4, 0.5) is 10.8 Å². The molecule has 2 heterocycles. The highest BCUT2D eigenvalue weighted by atomic mass is 32.1. The normalized spacial score (nSPS) is 10.8. The first-order valence-corrected chi connectivity index (χ1v) is 8.77. The summed E-state index contributed by atoms with van der Waals surface area (Å²) in [7, 11) is 0. The standard InChI is InChI=1S/C20H15N3OS/c1-14-13-25-20(22-14)23(15-7-3-2-4-8-15)19(24)17-11-12-21-18-10-6-5-9-16(17)18/h2-13H,1H3. The van der Waals surface area contributed by atoms with Crippen molar-refractivity contribution >= 4 is 39.0 Å². The zero-order valence-corrected chi connectivity index (χ0v) is 14.4. The van der Waals surface area contributed by atoms with E-state index in [-0.39, 0.29) is 5.91 Å². The fourth-order valence-corrected chi connectivity index (χ4v) is 3.56. The fraction of sp³-hybridized carbons (Fsp3) is 0.0500. The van der Waals surface area contributed by atoms with Gasteiger partial charge in [-0.25, -0.2) is 4.98 Å². The van der Waals surface area contributed by atoms with E-state index in [0.29, 0.717) is 10.7 Å². The largest absolute Gasteiger partial charge is 0.268 e. The number of rotatable bonds is 3. The second-order valence-electron chi connectivity index (χ2n) is 5.62. The maximum atomic E-state index is 13.4. The number of fused-ring (bicyclic) bond motifs is 1. The fourth-order valence-electron chi connectivity index (χ4n) is 2.74. The molecule has 0 N–H and O–H groups in total. The van der Waals surface area contributed by atoms with Gasteiger partial charge in [0.05, 0.1) is 22.5 Å². The Hall–Kier alpha value is -3.05. The number of para-hydroxylation sites is 2. The highest BCUT2D eigenvalue weighted by Gasteiger charge is 2.23. The Morgan fingerprint density at radius 1 is 1.00 bits per heavy atom. The van der Waals surface area contributed by atoms with Crippen molar-refractivity contribution < 1.29 is 4.79 Å². The molecule has 5 heteroatoms. The molecule has 122 valence electrons. The number of aryl methyl sites for hydroxylation is 1. The smallest absolute Gasteiger partial charge is 0.265 e. The Bertz CT molecular complexity index is 1040. The predicted octanol–water partition coefficient (Wildman–Crippen LogP) is 4.98. The molecule has 4 rings (SSSR count). The lowest BCUT2D eigenvalue weighted by molar-refractivity contribution is 0.100. The van der Waals surface area contributed by atoms with E-state index in [2.05, 4.69) is 9.97 Å². The third-order valence-corrected chi connectivity index (χ3v) is 4.84. The quantitative estimate of drug-likeness (QED) is 0.526. The minimum Gasteiger partial charge on any atom is -0.268 e. The summed E-state index contributed by atoms with van der Waals surface area (Å²) in [6.45, 7) is 1.93. The number of amides is 1. The molecule has 0 unspecified atom stereocenters. The molecule has 0 aliphatic heterocycles. The molecule has 0 atom stereocenters. The maximum absolute atomic E-state index is 13.4. The van der Waals surface area contributed by atoms with Gasteiger partial charge >= 0.3 is 0 Å². The van der Waals surface area contributed by atoms with E-state index in [9.17, 15) is 4.79 Å². The summed E-state index contributed by atoms with van der Waals surface area (Å²) < 4.78 is 0. The first-order chi connectivity index (χ1) is 12.2. The van der Waals surface area contributed by atoms with Crippen LogP contribution in [0.2, 0.25) is 0 Å². The molecular formula is C20H15N3OS. The summed E-state index contributed by atoms with van der Waals surface area (Å²) >= 11 is 1.46. The summed E-state index contributed by atoms with van der Waals surface area (Å²) in [4.78, 5) is 24.0. The molecule has 25 heavy (non-hydrogen) atoms. The number of carbonyl (C=O) groups excluding carboxylic acids is 1. The van der Waals surface area contributed by atoms with Gasteiger partial charge in [-0.15, -0.1) is 11.3 Å². The van der Waals surface area contributed by atoms with Crippen LogP contribution in [0.15, 0.2) is 72.2 Å². The molecule has 1 amide bonds. The molecule has 0 aliphatic carbocycles. The third kappa shape index (κ3) is 2.90. The molecule has 2 aromatic heterocycles. The first-order valence-electron chi connectivity index (χ1n) is 7.89. The number of carbonyl (C=O) groups is 1. The lowest BCUT2D eigenvalue weighted by Crippen LogP contribution is -2.26. The highest BCUT2D eigenvalue weighted by molar-refractivity contribution is 7.14. The molecule has 0 aliphatic rings. The number of hydrogen-bond donors (Lipinski definition) is 0. The minimum absolute atomic E-state index is 0.112. The highest BCUT2D eigenvalue weighted by Crippen LogP contribution is 2.31. The summed E-state index contributed by atoms with van der Waals surface area (Å²) in [5.41, 5.74) is 3.11. The van der Waals surface area contributed by atoms with E-state index in [1.54, 1.807) is 17.2 Å². The molecule has 0 bridgehead atoms. The van der Waals surface area contributed by atoms with Crippen LogP contribution in [0.1, 0.15) is 16.1 Å². The van der Waals surface area contributed by atoms with Crippen molar-refractivity contribution in [3.8, 4) is 0 Å². The van der Waals surface area contributed by atoms with Crippen LogP contribution >= 0.6 is 11.3 Å². The second kappa shape index (κ2) is 6.45. The van der Waals surface area contributed by atoms with E-state index in [1.165, 1.54) is 11.3 Å². The van der Waals surface area contributed by atoms with Gasteiger partial charge in [-0.2, -0.15) is 0 Å². The van der Waals surface area contributed by atoms with Crippen molar-refractivity contribution in [3.63, 3.8) is 0 Å². The minimum atomic E-state index is -0.112. The van der Waals surface area contributed by atoms with E-state index in [1.807, 2.05) is 66.9 Å². The predicted molar refractivity (Wildman–Crippen MR) is 102 cm³/mol. The number of anilines is 2. The van der Waals surface area contributed by atoms with Gasteiger partial charge in [0.25, 0.3) is 5.91 Å². The zero-order chi connectivity index (χ0) is 17.2. The summed E-state index contributed by atoms with van der Waals surface area (Å²) in [6.07, 6.45) is 1.67. The first kappa shape index (κ1) is 15.5. The number of hydrogen-bond acceptors (Lipinski definition) is 4.